The minimum absolute atomic E-state index is 0.00179. The molecule has 0 saturated heterocycles. The van der Waals surface area contributed by atoms with Gasteiger partial charge in [-0.25, -0.2) is 0 Å². The minimum Gasteiger partial charge on any atom is -0.489 e. The Bertz CT molecular complexity index is 1120. The second-order valence-electron chi connectivity index (χ2n) is 7.90. The van der Waals surface area contributed by atoms with Gasteiger partial charge >= 0.3 is 5.97 Å². The van der Waals surface area contributed by atoms with Crippen molar-refractivity contribution in [2.24, 2.45) is 0 Å². The number of aryl methyl sites for hydroxylation is 1. The Morgan fingerprint density at radius 1 is 1.12 bits per heavy atom. The van der Waals surface area contributed by atoms with Gasteiger partial charge in [0.2, 0.25) is 0 Å². The van der Waals surface area contributed by atoms with Crippen molar-refractivity contribution in [2.45, 2.75) is 44.8 Å². The monoisotopic (exact) mass is 426 g/mol. The van der Waals surface area contributed by atoms with E-state index in [1.807, 2.05) is 60.7 Å². The molecule has 1 aliphatic rings. The van der Waals surface area contributed by atoms with Gasteiger partial charge < -0.3 is 14.6 Å². The molecule has 0 fully saturated rings. The maximum absolute atomic E-state index is 11.2. The van der Waals surface area contributed by atoms with Gasteiger partial charge in [-0.3, -0.25) is 4.79 Å². The molecule has 0 aliphatic carbocycles. The highest BCUT2D eigenvalue weighted by atomic mass is 16.5. The third-order valence-corrected chi connectivity index (χ3v) is 5.63. The number of aliphatic carboxylic acids is 1. The average Bonchev–Trinajstić information content (AvgIpc) is 2.82. The molecule has 0 amide bonds. The zero-order valence-electron chi connectivity index (χ0n) is 18.1. The van der Waals surface area contributed by atoms with Crippen LogP contribution in [0.5, 0.6) is 11.5 Å². The largest absolute Gasteiger partial charge is 0.489 e. The van der Waals surface area contributed by atoms with Gasteiger partial charge in [0.1, 0.15) is 24.2 Å². The van der Waals surface area contributed by atoms with E-state index >= 15 is 0 Å². The van der Waals surface area contributed by atoms with Crippen LogP contribution in [-0.4, -0.2) is 11.1 Å². The van der Waals surface area contributed by atoms with Crippen LogP contribution in [0.4, 0.5) is 0 Å². The first-order chi connectivity index (χ1) is 15.6. The smallest absolute Gasteiger partial charge is 0.304 e. The first kappa shape index (κ1) is 21.5. The SMILES string of the molecule is CC#CC(CC(=O)O)c1ccc2c(c1)CCC(c1ccc(OCc3ccccc3)cc1)O2. The highest BCUT2D eigenvalue weighted by Crippen LogP contribution is 2.37. The van der Waals surface area contributed by atoms with E-state index in [0.29, 0.717) is 6.61 Å². The van der Waals surface area contributed by atoms with Crippen LogP contribution in [0.2, 0.25) is 0 Å². The van der Waals surface area contributed by atoms with Gasteiger partial charge in [0.05, 0.1) is 12.3 Å². The Balaban J connectivity index is 1.41. The number of benzene rings is 3. The minimum atomic E-state index is -0.844. The normalized spacial score (nSPS) is 15.5. The molecule has 4 heteroatoms. The highest BCUT2D eigenvalue weighted by molar-refractivity contribution is 5.69. The lowest BCUT2D eigenvalue weighted by molar-refractivity contribution is -0.137. The lowest BCUT2D eigenvalue weighted by Crippen LogP contribution is -2.16. The van der Waals surface area contributed by atoms with Crippen LogP contribution in [0, 0.1) is 11.8 Å². The fourth-order valence-electron chi connectivity index (χ4n) is 3.98. The predicted octanol–water partition coefficient (Wildman–Crippen LogP) is 5.91. The zero-order valence-corrected chi connectivity index (χ0v) is 18.1. The molecule has 0 bridgehead atoms. The molecule has 2 atom stereocenters. The summed E-state index contributed by atoms with van der Waals surface area (Å²) in [6.07, 6.45) is 1.73. The molecule has 0 spiro atoms. The fraction of sp³-hybridized carbons (Fsp3) is 0.250. The van der Waals surface area contributed by atoms with E-state index in [1.54, 1.807) is 6.92 Å². The molecule has 0 aromatic heterocycles. The summed E-state index contributed by atoms with van der Waals surface area (Å²) in [6, 6.07) is 24.1. The fourth-order valence-corrected chi connectivity index (χ4v) is 3.98. The van der Waals surface area contributed by atoms with Crippen molar-refractivity contribution in [3.8, 4) is 23.3 Å². The van der Waals surface area contributed by atoms with E-state index < -0.39 is 5.97 Å². The maximum atomic E-state index is 11.2. The van der Waals surface area contributed by atoms with Crippen molar-refractivity contribution in [3.05, 3.63) is 95.1 Å². The Labute approximate surface area is 188 Å². The zero-order chi connectivity index (χ0) is 22.3. The first-order valence-corrected chi connectivity index (χ1v) is 10.8. The summed E-state index contributed by atoms with van der Waals surface area (Å²) in [5.74, 6) is 6.40. The predicted molar refractivity (Wildman–Crippen MR) is 124 cm³/mol. The van der Waals surface area contributed by atoms with Gasteiger partial charge in [-0.15, -0.1) is 5.92 Å². The summed E-state index contributed by atoms with van der Waals surface area (Å²) in [5, 5.41) is 9.18. The summed E-state index contributed by atoms with van der Waals surface area (Å²) in [6.45, 7) is 2.28. The molecule has 3 aromatic carbocycles. The average molecular weight is 427 g/mol. The van der Waals surface area contributed by atoms with Crippen LogP contribution in [0.1, 0.15) is 54.0 Å². The molecule has 3 aromatic rings. The van der Waals surface area contributed by atoms with Crippen molar-refractivity contribution >= 4 is 5.97 Å². The third-order valence-electron chi connectivity index (χ3n) is 5.63. The third kappa shape index (κ3) is 5.31. The van der Waals surface area contributed by atoms with Crippen molar-refractivity contribution < 1.29 is 19.4 Å². The summed E-state index contributed by atoms with van der Waals surface area (Å²) < 4.78 is 12.1. The van der Waals surface area contributed by atoms with Gasteiger partial charge in [-0.1, -0.05) is 60.5 Å². The quantitative estimate of drug-likeness (QED) is 0.477. The summed E-state index contributed by atoms with van der Waals surface area (Å²) in [4.78, 5) is 11.2. The number of hydrogen-bond acceptors (Lipinski definition) is 3. The summed E-state index contributed by atoms with van der Waals surface area (Å²) in [5.41, 5.74) is 4.29. The second kappa shape index (κ2) is 10.1. The lowest BCUT2D eigenvalue weighted by atomic mass is 9.91. The Hall–Kier alpha value is -3.71. The van der Waals surface area contributed by atoms with Gasteiger partial charge in [0, 0.05) is 0 Å². The summed E-state index contributed by atoms with van der Waals surface area (Å²) >= 11 is 0. The number of ether oxygens (including phenoxy) is 2. The number of carbonyl (C=O) groups is 1. The number of carboxylic acids is 1. The molecule has 0 radical (unpaired) electrons. The summed E-state index contributed by atoms with van der Waals surface area (Å²) in [7, 11) is 0. The van der Waals surface area contributed by atoms with Crippen molar-refractivity contribution in [1.29, 1.82) is 0 Å². The molecule has 32 heavy (non-hydrogen) atoms. The molecule has 4 rings (SSSR count). The Morgan fingerprint density at radius 2 is 1.91 bits per heavy atom. The van der Waals surface area contributed by atoms with Crippen LogP contribution in [0.15, 0.2) is 72.8 Å². The standard InChI is InChI=1S/C28H26O4/c1-2-6-22(18-28(29)30)23-11-15-27-24(17-23)12-16-26(32-27)21-9-13-25(14-10-21)31-19-20-7-4-3-5-8-20/h3-5,7-11,13-15,17,22,26H,12,16,18-19H2,1H3,(H,29,30). The van der Waals surface area contributed by atoms with Crippen LogP contribution in [0.3, 0.4) is 0 Å². The van der Waals surface area contributed by atoms with E-state index in [4.69, 9.17) is 9.47 Å². The lowest BCUT2D eigenvalue weighted by Gasteiger charge is -2.27. The van der Waals surface area contributed by atoms with E-state index in [9.17, 15) is 9.90 Å². The Morgan fingerprint density at radius 3 is 2.62 bits per heavy atom. The number of hydrogen-bond donors (Lipinski definition) is 1. The van der Waals surface area contributed by atoms with Gasteiger partial charge in [-0.05, 0) is 60.2 Å². The molecular weight excluding hydrogens is 400 g/mol. The molecule has 2 unspecified atom stereocenters. The molecule has 1 heterocycles. The van der Waals surface area contributed by atoms with E-state index in [1.165, 1.54) is 0 Å². The second-order valence-corrected chi connectivity index (χ2v) is 7.90. The van der Waals surface area contributed by atoms with Gasteiger partial charge in [-0.2, -0.15) is 0 Å². The molecule has 1 N–H and O–H groups in total. The number of fused-ring (bicyclic) bond motifs is 1. The van der Waals surface area contributed by atoms with Crippen molar-refractivity contribution in [1.82, 2.24) is 0 Å². The van der Waals surface area contributed by atoms with Crippen LogP contribution in [0.25, 0.3) is 0 Å². The Kier molecular flexibility index (Phi) is 6.77. The number of rotatable bonds is 7. The molecule has 1 aliphatic heterocycles. The molecule has 4 nitrogen and oxygen atoms in total. The number of carboxylic acid groups (broad SMARTS) is 1. The molecular formula is C28H26O4. The highest BCUT2D eigenvalue weighted by Gasteiger charge is 2.23. The van der Waals surface area contributed by atoms with E-state index in [0.717, 1.165) is 46.6 Å². The van der Waals surface area contributed by atoms with Gasteiger partial charge in [0.25, 0.3) is 0 Å². The van der Waals surface area contributed by atoms with Gasteiger partial charge in [0.15, 0.2) is 0 Å². The van der Waals surface area contributed by atoms with E-state index in [-0.39, 0.29) is 18.4 Å². The van der Waals surface area contributed by atoms with Crippen LogP contribution < -0.4 is 9.47 Å². The maximum Gasteiger partial charge on any atom is 0.304 e. The molecule has 0 saturated carbocycles. The van der Waals surface area contributed by atoms with Crippen LogP contribution >= 0.6 is 0 Å². The van der Waals surface area contributed by atoms with Crippen molar-refractivity contribution in [3.63, 3.8) is 0 Å². The topological polar surface area (TPSA) is 55.8 Å². The molecule has 162 valence electrons. The first-order valence-electron chi connectivity index (χ1n) is 10.8. The van der Waals surface area contributed by atoms with Crippen molar-refractivity contribution in [2.75, 3.05) is 0 Å². The van der Waals surface area contributed by atoms with Crippen LogP contribution in [-0.2, 0) is 17.8 Å². The van der Waals surface area contributed by atoms with E-state index in [2.05, 4.69) is 24.0 Å².